The molecule has 0 saturated carbocycles. The number of rotatable bonds is 3. The van der Waals surface area contributed by atoms with E-state index >= 15 is 0 Å². The molecule has 1 aromatic heterocycles. The summed E-state index contributed by atoms with van der Waals surface area (Å²) in [4.78, 5) is 23.8. The highest BCUT2D eigenvalue weighted by Crippen LogP contribution is 2.28. The predicted molar refractivity (Wildman–Crippen MR) is 95.1 cm³/mol. The highest BCUT2D eigenvalue weighted by molar-refractivity contribution is 5.96. The number of ether oxygens (including phenoxy) is 1. The van der Waals surface area contributed by atoms with Gasteiger partial charge in [-0.15, -0.1) is 0 Å². The number of para-hydroxylation sites is 1. The fraction of sp³-hybridized carbons (Fsp3) is 0.200. The average Bonchev–Trinajstić information content (AvgIpc) is 2.56. The molecule has 0 amide bonds. The largest absolute Gasteiger partial charge is 0.461 e. The predicted octanol–water partition coefficient (Wildman–Crippen LogP) is 4.14. The molecule has 122 valence electrons. The molecule has 1 heterocycles. The first-order valence-corrected chi connectivity index (χ1v) is 7.67. The van der Waals surface area contributed by atoms with Crippen molar-refractivity contribution in [2.45, 2.75) is 20.8 Å². The Labute approximate surface area is 139 Å². The summed E-state index contributed by atoms with van der Waals surface area (Å²) in [6, 6.07) is 9.04. The lowest BCUT2D eigenvalue weighted by molar-refractivity contribution is -0.139. The molecular weight excluding hydrogens is 304 g/mol. The van der Waals surface area contributed by atoms with Gasteiger partial charge in [-0.1, -0.05) is 24.8 Å². The van der Waals surface area contributed by atoms with Crippen LogP contribution in [0, 0.1) is 13.8 Å². The second-order valence-corrected chi connectivity index (χ2v) is 5.88. The van der Waals surface area contributed by atoms with E-state index in [1.54, 1.807) is 18.2 Å². The van der Waals surface area contributed by atoms with Gasteiger partial charge in [-0.05, 0) is 42.7 Å². The van der Waals surface area contributed by atoms with Crippen LogP contribution in [-0.4, -0.2) is 12.6 Å². The number of benzene rings is 2. The molecule has 4 nitrogen and oxygen atoms in total. The van der Waals surface area contributed by atoms with Crippen LogP contribution in [0.3, 0.4) is 0 Å². The van der Waals surface area contributed by atoms with E-state index in [1.807, 2.05) is 26.0 Å². The second kappa shape index (κ2) is 5.96. The monoisotopic (exact) mass is 322 g/mol. The summed E-state index contributed by atoms with van der Waals surface area (Å²) in [5, 5.41) is 1.06. The van der Waals surface area contributed by atoms with Gasteiger partial charge in [-0.3, -0.25) is 9.59 Å². The lowest BCUT2D eigenvalue weighted by atomic mass is 10.0. The number of carbonyl (C=O) groups excluding carboxylic acids is 1. The average molecular weight is 322 g/mol. The summed E-state index contributed by atoms with van der Waals surface area (Å²) in [5.74, 6) is -0.380. The molecule has 4 heteroatoms. The van der Waals surface area contributed by atoms with Gasteiger partial charge in [0, 0.05) is 12.5 Å². The van der Waals surface area contributed by atoms with Gasteiger partial charge in [0.05, 0.1) is 10.8 Å². The second-order valence-electron chi connectivity index (χ2n) is 5.88. The van der Waals surface area contributed by atoms with Crippen LogP contribution in [0.25, 0.3) is 27.5 Å². The molecule has 0 aliphatic heterocycles. The van der Waals surface area contributed by atoms with Crippen LogP contribution in [-0.2, 0) is 9.53 Å². The lowest BCUT2D eigenvalue weighted by Gasteiger charge is -2.11. The molecule has 24 heavy (non-hydrogen) atoms. The Kier molecular flexibility index (Phi) is 3.97. The Balaban J connectivity index is 2.29. The van der Waals surface area contributed by atoms with Gasteiger partial charge in [0.1, 0.15) is 17.8 Å². The zero-order chi connectivity index (χ0) is 17.4. The Morgan fingerprint density at radius 1 is 1.12 bits per heavy atom. The van der Waals surface area contributed by atoms with E-state index in [0.717, 1.165) is 11.1 Å². The minimum absolute atomic E-state index is 0.0585. The molecule has 0 fully saturated rings. The van der Waals surface area contributed by atoms with E-state index in [1.165, 1.54) is 6.92 Å². The smallest absolute Gasteiger partial charge is 0.302 e. The minimum atomic E-state index is -0.380. The van der Waals surface area contributed by atoms with Crippen LogP contribution >= 0.6 is 0 Å². The quantitative estimate of drug-likeness (QED) is 0.537. The van der Waals surface area contributed by atoms with Crippen molar-refractivity contribution >= 4 is 33.5 Å². The van der Waals surface area contributed by atoms with Crippen LogP contribution in [0.4, 0.5) is 0 Å². The van der Waals surface area contributed by atoms with Gasteiger partial charge < -0.3 is 9.15 Å². The molecule has 3 aromatic rings. The first-order chi connectivity index (χ1) is 11.4. The van der Waals surface area contributed by atoms with Gasteiger partial charge in [-0.2, -0.15) is 0 Å². The first-order valence-electron chi connectivity index (χ1n) is 7.67. The van der Waals surface area contributed by atoms with Crippen molar-refractivity contribution in [3.63, 3.8) is 0 Å². The fourth-order valence-electron chi connectivity index (χ4n) is 2.72. The lowest BCUT2D eigenvalue weighted by Crippen LogP contribution is -2.06. The van der Waals surface area contributed by atoms with Gasteiger partial charge in [-0.25, -0.2) is 0 Å². The fourth-order valence-corrected chi connectivity index (χ4v) is 2.72. The van der Waals surface area contributed by atoms with Crippen LogP contribution < -0.4 is 5.43 Å². The molecule has 0 spiro atoms. The molecule has 0 atom stereocenters. The van der Waals surface area contributed by atoms with Crippen LogP contribution in [0.15, 0.2) is 46.1 Å². The van der Waals surface area contributed by atoms with Crippen molar-refractivity contribution in [3.8, 4) is 0 Å². The summed E-state index contributed by atoms with van der Waals surface area (Å²) in [5.41, 5.74) is 4.24. The molecule has 0 N–H and O–H groups in total. The van der Waals surface area contributed by atoms with Gasteiger partial charge in [0.2, 0.25) is 5.43 Å². The summed E-state index contributed by atoms with van der Waals surface area (Å²) >= 11 is 0. The molecule has 2 aromatic carbocycles. The third kappa shape index (κ3) is 2.60. The van der Waals surface area contributed by atoms with Crippen LogP contribution in [0.5, 0.6) is 0 Å². The van der Waals surface area contributed by atoms with Crippen molar-refractivity contribution in [1.82, 2.24) is 0 Å². The third-order valence-corrected chi connectivity index (χ3v) is 4.22. The van der Waals surface area contributed by atoms with E-state index in [0.29, 0.717) is 33.1 Å². The minimum Gasteiger partial charge on any atom is -0.461 e. The van der Waals surface area contributed by atoms with Crippen LogP contribution in [0.1, 0.15) is 23.6 Å². The summed E-state index contributed by atoms with van der Waals surface area (Å²) < 4.78 is 11.1. The maximum atomic E-state index is 12.8. The first kappa shape index (κ1) is 16.0. The van der Waals surface area contributed by atoms with Gasteiger partial charge in [0.25, 0.3) is 0 Å². The van der Waals surface area contributed by atoms with Gasteiger partial charge >= 0.3 is 5.97 Å². The summed E-state index contributed by atoms with van der Waals surface area (Å²) in [6.07, 6.45) is 0. The normalized spacial score (nSPS) is 11.0. The number of carbonyl (C=O) groups is 1. The van der Waals surface area contributed by atoms with Gasteiger partial charge in [0.15, 0.2) is 0 Å². The highest BCUT2D eigenvalue weighted by atomic mass is 16.5. The van der Waals surface area contributed by atoms with E-state index < -0.39 is 0 Å². The summed E-state index contributed by atoms with van der Waals surface area (Å²) in [7, 11) is 0. The molecular formula is C20H18O4. The van der Waals surface area contributed by atoms with E-state index in [4.69, 9.17) is 9.15 Å². The molecule has 0 bridgehead atoms. The maximum absolute atomic E-state index is 12.8. The number of hydrogen-bond donors (Lipinski definition) is 0. The number of fused-ring (bicyclic) bond motifs is 2. The zero-order valence-corrected chi connectivity index (χ0v) is 13.9. The van der Waals surface area contributed by atoms with Crippen molar-refractivity contribution in [2.75, 3.05) is 6.61 Å². The highest BCUT2D eigenvalue weighted by Gasteiger charge is 2.15. The summed E-state index contributed by atoms with van der Waals surface area (Å²) in [6.45, 7) is 9.27. The zero-order valence-electron chi connectivity index (χ0n) is 13.9. The Bertz CT molecular complexity index is 1040. The SMILES string of the molecule is C=C(COC(C)=O)c1cccc2c(=O)c3ccc(C)c(C)c3oc12. The maximum Gasteiger partial charge on any atom is 0.302 e. The number of esters is 1. The molecule has 0 saturated heterocycles. The molecule has 0 aliphatic rings. The molecule has 0 aliphatic carbocycles. The van der Waals surface area contributed by atoms with Crippen molar-refractivity contribution in [1.29, 1.82) is 0 Å². The van der Waals surface area contributed by atoms with Crippen molar-refractivity contribution in [3.05, 3.63) is 63.8 Å². The Morgan fingerprint density at radius 2 is 1.83 bits per heavy atom. The van der Waals surface area contributed by atoms with Crippen LogP contribution in [0.2, 0.25) is 0 Å². The van der Waals surface area contributed by atoms with E-state index in [2.05, 4.69) is 6.58 Å². The Hall–Kier alpha value is -2.88. The van der Waals surface area contributed by atoms with Crippen molar-refractivity contribution < 1.29 is 13.9 Å². The third-order valence-electron chi connectivity index (χ3n) is 4.22. The standard InChI is InChI=1S/C20H18O4/c1-11-8-9-17-18(22)16-7-5-6-15(12(2)10-23-14(4)21)20(16)24-19(17)13(11)3/h5-9H,2,10H2,1,3-4H3. The number of hydrogen-bond acceptors (Lipinski definition) is 4. The van der Waals surface area contributed by atoms with E-state index in [9.17, 15) is 9.59 Å². The molecule has 3 rings (SSSR count). The van der Waals surface area contributed by atoms with Crippen molar-refractivity contribution in [2.24, 2.45) is 0 Å². The molecule has 0 radical (unpaired) electrons. The Morgan fingerprint density at radius 3 is 2.54 bits per heavy atom. The van der Waals surface area contributed by atoms with E-state index in [-0.39, 0.29) is 18.0 Å². The number of aryl methyl sites for hydroxylation is 2. The molecule has 0 unspecified atom stereocenters. The topological polar surface area (TPSA) is 56.5 Å².